The number of nitrogens with zero attached hydrogens (tertiary/aromatic N) is 1. The number of benzene rings is 3. The molecule has 0 unspecified atom stereocenters. The van der Waals surface area contributed by atoms with Crippen molar-refractivity contribution in [3.63, 3.8) is 0 Å². The average molecular weight is 414 g/mol. The van der Waals surface area contributed by atoms with Crippen molar-refractivity contribution in [1.29, 1.82) is 5.26 Å². The Labute approximate surface area is 180 Å². The monoisotopic (exact) mass is 413 g/mol. The van der Waals surface area contributed by atoms with Crippen LogP contribution in [0, 0.1) is 18.3 Å². The number of carbonyl (C=O) groups is 1. The molecular weight excluding hydrogens is 394 g/mol. The topological polar surface area (TPSA) is 68.7 Å². The van der Waals surface area contributed by atoms with Gasteiger partial charge < -0.3 is 10.3 Å². The lowest BCUT2D eigenvalue weighted by Gasteiger charge is -2.08. The predicted molar refractivity (Wildman–Crippen MR) is 121 cm³/mol. The second kappa shape index (κ2) is 8.44. The standard InChI is InChI=1S/C25H20ClN3O/c1-16-11-22-20(15-29-24(22)13-23(16)26)9-10-28-25(30)18-7-4-6-17(12-18)21-8-3-2-5-19(21)14-27/h2-8,11-13,15,29H,9-10H2,1H3,(H,28,30). The van der Waals surface area contributed by atoms with E-state index in [0.717, 1.165) is 38.2 Å². The Morgan fingerprint density at radius 2 is 1.97 bits per heavy atom. The molecule has 0 spiro atoms. The number of nitriles is 1. The van der Waals surface area contributed by atoms with Gasteiger partial charge in [0.25, 0.3) is 5.91 Å². The molecule has 4 rings (SSSR count). The number of H-pyrrole nitrogens is 1. The van der Waals surface area contributed by atoms with Gasteiger partial charge in [-0.05, 0) is 65.9 Å². The third-order valence-electron chi connectivity index (χ3n) is 5.21. The highest BCUT2D eigenvalue weighted by Gasteiger charge is 2.11. The zero-order valence-corrected chi connectivity index (χ0v) is 17.3. The third-order valence-corrected chi connectivity index (χ3v) is 5.62. The van der Waals surface area contributed by atoms with Gasteiger partial charge in [-0.15, -0.1) is 0 Å². The Kier molecular flexibility index (Phi) is 5.56. The molecule has 1 amide bonds. The number of carbonyl (C=O) groups excluding carboxylic acids is 1. The molecule has 1 heterocycles. The van der Waals surface area contributed by atoms with Gasteiger partial charge in [-0.1, -0.05) is 41.9 Å². The van der Waals surface area contributed by atoms with Crippen molar-refractivity contribution >= 4 is 28.4 Å². The number of aryl methyl sites for hydroxylation is 1. The second-order valence-corrected chi connectivity index (χ2v) is 7.61. The first-order valence-corrected chi connectivity index (χ1v) is 10.1. The van der Waals surface area contributed by atoms with E-state index in [2.05, 4.69) is 22.4 Å². The SMILES string of the molecule is Cc1cc2c(CCNC(=O)c3cccc(-c4ccccc4C#N)c3)c[nH]c2cc1Cl. The summed E-state index contributed by atoms with van der Waals surface area (Å²) in [5, 5.41) is 14.2. The number of nitrogens with one attached hydrogen (secondary N) is 2. The normalized spacial score (nSPS) is 10.7. The summed E-state index contributed by atoms with van der Waals surface area (Å²) in [6.07, 6.45) is 2.68. The van der Waals surface area contributed by atoms with E-state index in [1.165, 1.54) is 0 Å². The minimum Gasteiger partial charge on any atom is -0.361 e. The molecule has 30 heavy (non-hydrogen) atoms. The molecule has 0 saturated heterocycles. The Morgan fingerprint density at radius 3 is 2.80 bits per heavy atom. The first-order valence-electron chi connectivity index (χ1n) is 9.70. The molecule has 4 aromatic rings. The van der Waals surface area contributed by atoms with E-state index < -0.39 is 0 Å². The highest BCUT2D eigenvalue weighted by molar-refractivity contribution is 6.32. The molecule has 0 aliphatic rings. The van der Waals surface area contributed by atoms with Gasteiger partial charge in [-0.2, -0.15) is 5.26 Å². The Morgan fingerprint density at radius 1 is 1.13 bits per heavy atom. The summed E-state index contributed by atoms with van der Waals surface area (Å²) in [5.74, 6) is -0.134. The highest BCUT2D eigenvalue weighted by Crippen LogP contribution is 2.26. The van der Waals surface area contributed by atoms with E-state index in [9.17, 15) is 10.1 Å². The lowest BCUT2D eigenvalue weighted by atomic mass is 9.98. The van der Waals surface area contributed by atoms with Crippen molar-refractivity contribution in [2.75, 3.05) is 6.54 Å². The molecule has 0 radical (unpaired) electrons. The second-order valence-electron chi connectivity index (χ2n) is 7.20. The van der Waals surface area contributed by atoms with Crippen LogP contribution >= 0.6 is 11.6 Å². The van der Waals surface area contributed by atoms with Crippen molar-refractivity contribution in [1.82, 2.24) is 10.3 Å². The van der Waals surface area contributed by atoms with Crippen molar-refractivity contribution in [2.24, 2.45) is 0 Å². The van der Waals surface area contributed by atoms with Crippen molar-refractivity contribution in [3.8, 4) is 17.2 Å². The number of aromatic amines is 1. The molecule has 4 nitrogen and oxygen atoms in total. The van der Waals surface area contributed by atoms with Crippen LogP contribution in [0.4, 0.5) is 0 Å². The van der Waals surface area contributed by atoms with Gasteiger partial charge in [0.15, 0.2) is 0 Å². The molecular formula is C25H20ClN3O. The largest absolute Gasteiger partial charge is 0.361 e. The number of hydrogen-bond donors (Lipinski definition) is 2. The maximum Gasteiger partial charge on any atom is 0.251 e. The van der Waals surface area contributed by atoms with Crippen LogP contribution in [0.5, 0.6) is 0 Å². The van der Waals surface area contributed by atoms with E-state index in [1.807, 2.05) is 55.6 Å². The Bertz CT molecular complexity index is 1280. The van der Waals surface area contributed by atoms with E-state index in [4.69, 9.17) is 11.6 Å². The van der Waals surface area contributed by atoms with Gasteiger partial charge >= 0.3 is 0 Å². The number of hydrogen-bond acceptors (Lipinski definition) is 2. The van der Waals surface area contributed by atoms with Crippen LogP contribution in [0.1, 0.15) is 27.0 Å². The molecule has 3 aromatic carbocycles. The van der Waals surface area contributed by atoms with Crippen LogP contribution in [0.15, 0.2) is 66.9 Å². The number of amides is 1. The summed E-state index contributed by atoms with van der Waals surface area (Å²) in [5.41, 5.74) is 6.00. The number of fused-ring (bicyclic) bond motifs is 1. The van der Waals surface area contributed by atoms with Gasteiger partial charge in [-0.25, -0.2) is 0 Å². The number of rotatable bonds is 5. The van der Waals surface area contributed by atoms with E-state index in [-0.39, 0.29) is 5.91 Å². The maximum atomic E-state index is 12.7. The molecule has 0 bridgehead atoms. The summed E-state index contributed by atoms with van der Waals surface area (Å²) in [6, 6.07) is 20.9. The maximum absolute atomic E-state index is 12.7. The minimum atomic E-state index is -0.134. The highest BCUT2D eigenvalue weighted by atomic mass is 35.5. The zero-order chi connectivity index (χ0) is 21.1. The Balaban J connectivity index is 1.46. The van der Waals surface area contributed by atoms with Crippen molar-refractivity contribution < 1.29 is 4.79 Å². The predicted octanol–water partition coefficient (Wildman–Crippen LogP) is 5.64. The fourth-order valence-corrected chi connectivity index (χ4v) is 3.75. The van der Waals surface area contributed by atoms with Gasteiger partial charge in [-0.3, -0.25) is 4.79 Å². The fourth-order valence-electron chi connectivity index (χ4n) is 3.59. The van der Waals surface area contributed by atoms with Gasteiger partial charge in [0.2, 0.25) is 0 Å². The van der Waals surface area contributed by atoms with Gasteiger partial charge in [0.05, 0.1) is 11.6 Å². The lowest BCUT2D eigenvalue weighted by molar-refractivity contribution is 0.0954. The van der Waals surface area contributed by atoms with Crippen LogP contribution < -0.4 is 5.32 Å². The quantitative estimate of drug-likeness (QED) is 0.444. The van der Waals surface area contributed by atoms with Crippen LogP contribution in [0.25, 0.3) is 22.0 Å². The molecule has 148 valence electrons. The Hall–Kier alpha value is -3.55. The van der Waals surface area contributed by atoms with E-state index >= 15 is 0 Å². The summed E-state index contributed by atoms with van der Waals surface area (Å²) in [4.78, 5) is 15.9. The van der Waals surface area contributed by atoms with Crippen molar-refractivity contribution in [3.05, 3.63) is 94.1 Å². The van der Waals surface area contributed by atoms with Crippen LogP contribution in [-0.2, 0) is 6.42 Å². The molecule has 0 atom stereocenters. The molecule has 0 aliphatic carbocycles. The lowest BCUT2D eigenvalue weighted by Crippen LogP contribution is -2.25. The van der Waals surface area contributed by atoms with Crippen LogP contribution in [-0.4, -0.2) is 17.4 Å². The molecule has 0 aliphatic heterocycles. The summed E-state index contributed by atoms with van der Waals surface area (Å²) in [6.45, 7) is 2.50. The summed E-state index contributed by atoms with van der Waals surface area (Å²) in [7, 11) is 0. The van der Waals surface area contributed by atoms with Crippen LogP contribution in [0.3, 0.4) is 0 Å². The molecule has 1 aromatic heterocycles. The zero-order valence-electron chi connectivity index (χ0n) is 16.5. The number of halogens is 1. The molecule has 0 fully saturated rings. The third kappa shape index (κ3) is 3.94. The van der Waals surface area contributed by atoms with Gasteiger partial charge in [0, 0.05) is 34.2 Å². The minimum absolute atomic E-state index is 0.134. The first kappa shape index (κ1) is 19.8. The first-order chi connectivity index (χ1) is 14.6. The fraction of sp³-hybridized carbons (Fsp3) is 0.120. The smallest absolute Gasteiger partial charge is 0.251 e. The van der Waals surface area contributed by atoms with E-state index in [0.29, 0.717) is 24.1 Å². The van der Waals surface area contributed by atoms with Gasteiger partial charge in [0.1, 0.15) is 0 Å². The summed E-state index contributed by atoms with van der Waals surface area (Å²) >= 11 is 6.19. The molecule has 2 N–H and O–H groups in total. The number of aromatic nitrogens is 1. The molecule has 0 saturated carbocycles. The van der Waals surface area contributed by atoms with E-state index in [1.54, 1.807) is 12.1 Å². The van der Waals surface area contributed by atoms with Crippen molar-refractivity contribution in [2.45, 2.75) is 13.3 Å². The van der Waals surface area contributed by atoms with Crippen LogP contribution in [0.2, 0.25) is 5.02 Å². The average Bonchev–Trinajstić information content (AvgIpc) is 3.15. The molecule has 5 heteroatoms. The summed E-state index contributed by atoms with van der Waals surface area (Å²) < 4.78 is 0.